The maximum absolute atomic E-state index is 10.5. The number of rotatable bonds is 10. The first kappa shape index (κ1) is 17.0. The van der Waals surface area contributed by atoms with Crippen LogP contribution >= 0.6 is 0 Å². The van der Waals surface area contributed by atoms with Gasteiger partial charge in [0.15, 0.2) is 0 Å². The van der Waals surface area contributed by atoms with Crippen molar-refractivity contribution in [2.45, 2.75) is 103 Å². The molecule has 2 atom stereocenters. The molecule has 1 aliphatic rings. The number of unbranched alkanes of at least 4 members (excludes halogenated alkanes) is 6. The van der Waals surface area contributed by atoms with Crippen LogP contribution in [0, 0.1) is 0 Å². The van der Waals surface area contributed by atoms with Crippen molar-refractivity contribution in [2.75, 3.05) is 6.54 Å². The molecule has 0 bridgehead atoms. The first-order valence-electron chi connectivity index (χ1n) is 8.60. The fraction of sp³-hybridized carbons (Fsp3) is 1.00. The molecule has 1 aliphatic heterocycles. The molecule has 2 nitrogen and oxygen atoms in total. The summed E-state index contributed by atoms with van der Waals surface area (Å²) in [5.74, 6) is 0. The van der Waals surface area contributed by atoms with E-state index in [4.69, 9.17) is 0 Å². The number of hydrogen-bond donors (Lipinski definition) is 2. The molecule has 19 heavy (non-hydrogen) atoms. The first-order chi connectivity index (χ1) is 9.14. The van der Waals surface area contributed by atoms with Gasteiger partial charge in [-0.1, -0.05) is 58.3 Å². The lowest BCUT2D eigenvalue weighted by molar-refractivity contribution is 0.0260. The largest absolute Gasteiger partial charge is 0.390 e. The van der Waals surface area contributed by atoms with E-state index in [0.29, 0.717) is 6.04 Å². The summed E-state index contributed by atoms with van der Waals surface area (Å²) in [5, 5.41) is 14.0. The van der Waals surface area contributed by atoms with Crippen LogP contribution in [-0.2, 0) is 0 Å². The van der Waals surface area contributed by atoms with Gasteiger partial charge in [0, 0.05) is 6.04 Å². The van der Waals surface area contributed by atoms with E-state index in [0.717, 1.165) is 19.4 Å². The average Bonchev–Trinajstić information content (AvgIpc) is 2.38. The normalized spacial score (nSPS) is 23.2. The predicted octanol–water partition coefficient (Wildman–Crippen LogP) is 4.41. The molecular weight excluding hydrogens is 234 g/mol. The molecule has 0 aliphatic carbocycles. The molecule has 1 saturated heterocycles. The van der Waals surface area contributed by atoms with Crippen molar-refractivity contribution in [3.8, 4) is 0 Å². The number of hydrogen-bond acceptors (Lipinski definition) is 2. The van der Waals surface area contributed by atoms with Crippen molar-refractivity contribution < 1.29 is 5.11 Å². The molecule has 1 heterocycles. The molecule has 0 aromatic heterocycles. The zero-order chi connectivity index (χ0) is 14.0. The monoisotopic (exact) mass is 269 g/mol. The fourth-order valence-corrected chi connectivity index (χ4v) is 3.19. The van der Waals surface area contributed by atoms with Crippen LogP contribution in [0.15, 0.2) is 0 Å². The third kappa shape index (κ3) is 8.65. The van der Waals surface area contributed by atoms with Crippen LogP contribution in [0.25, 0.3) is 0 Å². The van der Waals surface area contributed by atoms with Crippen molar-refractivity contribution in [2.24, 2.45) is 0 Å². The van der Waals surface area contributed by atoms with Crippen molar-refractivity contribution >= 4 is 0 Å². The molecule has 1 fully saturated rings. The maximum atomic E-state index is 10.5. The highest BCUT2D eigenvalue weighted by Crippen LogP contribution is 2.24. The van der Waals surface area contributed by atoms with Crippen LogP contribution in [0.2, 0.25) is 0 Å². The van der Waals surface area contributed by atoms with Gasteiger partial charge in [0.2, 0.25) is 0 Å². The zero-order valence-corrected chi connectivity index (χ0v) is 13.2. The fourth-order valence-electron chi connectivity index (χ4n) is 3.19. The summed E-state index contributed by atoms with van der Waals surface area (Å²) in [7, 11) is 0. The van der Waals surface area contributed by atoms with E-state index in [1.54, 1.807) is 0 Å². The lowest BCUT2D eigenvalue weighted by Crippen LogP contribution is -2.40. The second kappa shape index (κ2) is 9.77. The lowest BCUT2D eigenvalue weighted by atomic mass is 9.88. The standard InChI is InChI=1S/C17H35NO/c1-3-4-5-6-7-8-10-13-17(2,19)15-16-12-9-11-14-18-16/h16,18-19H,3-15H2,1-2H3. The van der Waals surface area contributed by atoms with Crippen LogP contribution in [0.1, 0.15) is 90.9 Å². The van der Waals surface area contributed by atoms with Crippen molar-refractivity contribution in [1.82, 2.24) is 5.32 Å². The zero-order valence-electron chi connectivity index (χ0n) is 13.2. The molecule has 0 saturated carbocycles. The molecule has 0 amide bonds. The van der Waals surface area contributed by atoms with Crippen molar-refractivity contribution in [3.05, 3.63) is 0 Å². The Bertz CT molecular complexity index is 209. The van der Waals surface area contributed by atoms with E-state index in [9.17, 15) is 5.11 Å². The van der Waals surface area contributed by atoms with Gasteiger partial charge < -0.3 is 10.4 Å². The van der Waals surface area contributed by atoms with E-state index in [2.05, 4.69) is 12.2 Å². The van der Waals surface area contributed by atoms with Crippen LogP contribution in [0.5, 0.6) is 0 Å². The van der Waals surface area contributed by atoms with Gasteiger partial charge in [-0.25, -0.2) is 0 Å². The average molecular weight is 269 g/mol. The minimum Gasteiger partial charge on any atom is -0.390 e. The number of aliphatic hydroxyl groups is 1. The molecule has 2 N–H and O–H groups in total. The van der Waals surface area contributed by atoms with Gasteiger partial charge in [0.05, 0.1) is 5.60 Å². The third-order valence-electron chi connectivity index (χ3n) is 4.42. The Morgan fingerprint density at radius 2 is 1.74 bits per heavy atom. The Balaban J connectivity index is 2.02. The second-order valence-corrected chi connectivity index (χ2v) is 6.72. The highest BCUT2D eigenvalue weighted by atomic mass is 16.3. The van der Waals surface area contributed by atoms with Crippen LogP contribution in [0.4, 0.5) is 0 Å². The maximum Gasteiger partial charge on any atom is 0.0634 e. The smallest absolute Gasteiger partial charge is 0.0634 e. The van der Waals surface area contributed by atoms with E-state index in [1.165, 1.54) is 64.2 Å². The third-order valence-corrected chi connectivity index (χ3v) is 4.42. The summed E-state index contributed by atoms with van der Waals surface area (Å²) >= 11 is 0. The van der Waals surface area contributed by atoms with Gasteiger partial charge in [0.25, 0.3) is 0 Å². The number of piperidine rings is 1. The van der Waals surface area contributed by atoms with Crippen molar-refractivity contribution in [1.29, 1.82) is 0 Å². The highest BCUT2D eigenvalue weighted by molar-refractivity contribution is 4.82. The quantitative estimate of drug-likeness (QED) is 0.576. The first-order valence-corrected chi connectivity index (χ1v) is 8.60. The molecule has 2 unspecified atom stereocenters. The Morgan fingerprint density at radius 1 is 1.05 bits per heavy atom. The van der Waals surface area contributed by atoms with Gasteiger partial charge in [-0.2, -0.15) is 0 Å². The molecule has 0 aromatic rings. The predicted molar refractivity (Wildman–Crippen MR) is 83.5 cm³/mol. The molecule has 1 rings (SSSR count). The lowest BCUT2D eigenvalue weighted by Gasteiger charge is -2.31. The van der Waals surface area contributed by atoms with Gasteiger partial charge >= 0.3 is 0 Å². The van der Waals surface area contributed by atoms with Crippen LogP contribution in [-0.4, -0.2) is 23.3 Å². The molecule has 0 spiro atoms. The summed E-state index contributed by atoms with van der Waals surface area (Å²) < 4.78 is 0. The topological polar surface area (TPSA) is 32.3 Å². The Morgan fingerprint density at radius 3 is 2.37 bits per heavy atom. The van der Waals surface area contributed by atoms with E-state index < -0.39 is 5.60 Å². The molecule has 0 aromatic carbocycles. The summed E-state index contributed by atoms with van der Waals surface area (Å²) in [6, 6.07) is 0.549. The van der Waals surface area contributed by atoms with E-state index in [1.807, 2.05) is 6.92 Å². The Labute approximate surface area is 120 Å². The van der Waals surface area contributed by atoms with E-state index in [-0.39, 0.29) is 0 Å². The minimum atomic E-state index is -0.460. The van der Waals surface area contributed by atoms with Gasteiger partial charge in [-0.05, 0) is 39.2 Å². The second-order valence-electron chi connectivity index (χ2n) is 6.72. The summed E-state index contributed by atoms with van der Waals surface area (Å²) in [5.41, 5.74) is -0.460. The number of nitrogens with one attached hydrogen (secondary N) is 1. The van der Waals surface area contributed by atoms with Gasteiger partial charge in [-0.15, -0.1) is 0 Å². The van der Waals surface area contributed by atoms with Gasteiger partial charge in [-0.3, -0.25) is 0 Å². The van der Waals surface area contributed by atoms with Gasteiger partial charge in [0.1, 0.15) is 0 Å². The molecule has 114 valence electrons. The summed E-state index contributed by atoms with van der Waals surface area (Å²) in [6.07, 6.45) is 15.1. The Kier molecular flexibility index (Phi) is 8.72. The van der Waals surface area contributed by atoms with Crippen LogP contribution < -0.4 is 5.32 Å². The SMILES string of the molecule is CCCCCCCCCC(C)(O)CC1CCCCN1. The molecular formula is C17H35NO. The molecule has 0 radical (unpaired) electrons. The summed E-state index contributed by atoms with van der Waals surface area (Å²) in [4.78, 5) is 0. The van der Waals surface area contributed by atoms with E-state index >= 15 is 0 Å². The van der Waals surface area contributed by atoms with Crippen molar-refractivity contribution in [3.63, 3.8) is 0 Å². The Hall–Kier alpha value is -0.0800. The van der Waals surface area contributed by atoms with Crippen LogP contribution in [0.3, 0.4) is 0 Å². The summed E-state index contributed by atoms with van der Waals surface area (Å²) in [6.45, 7) is 5.43. The minimum absolute atomic E-state index is 0.460. The molecule has 2 heteroatoms. The highest BCUT2D eigenvalue weighted by Gasteiger charge is 2.25.